The minimum absolute atomic E-state index is 0.130. The average Bonchev–Trinajstić information content (AvgIpc) is 2.38. The molecule has 1 N–H and O–H groups in total. The van der Waals surface area contributed by atoms with Gasteiger partial charge in [0.15, 0.2) is 0 Å². The van der Waals surface area contributed by atoms with Gasteiger partial charge in [0.05, 0.1) is 6.61 Å². The van der Waals surface area contributed by atoms with Crippen LogP contribution in [0.4, 0.5) is 0 Å². The minimum Gasteiger partial charge on any atom is -0.492 e. The van der Waals surface area contributed by atoms with Crippen molar-refractivity contribution < 1.29 is 14.3 Å². The Morgan fingerprint density at radius 3 is 2.95 bits per heavy atom. The second-order valence-corrected chi connectivity index (χ2v) is 4.88. The van der Waals surface area contributed by atoms with E-state index >= 15 is 0 Å². The molecule has 106 valence electrons. The molecule has 0 aliphatic heterocycles. The Morgan fingerprint density at radius 2 is 2.21 bits per heavy atom. The fraction of sp³-hybridized carbons (Fsp3) is 0.500. The van der Waals surface area contributed by atoms with E-state index in [0.29, 0.717) is 19.6 Å². The quantitative estimate of drug-likeness (QED) is 0.559. The number of ether oxygens (including phenoxy) is 2. The van der Waals surface area contributed by atoms with Gasteiger partial charge in [-0.05, 0) is 38.1 Å². The highest BCUT2D eigenvalue weighted by molar-refractivity contribution is 9.10. The molecule has 0 amide bonds. The van der Waals surface area contributed by atoms with Gasteiger partial charge in [0.2, 0.25) is 0 Å². The first-order chi connectivity index (χ1) is 9.22. The van der Waals surface area contributed by atoms with Gasteiger partial charge in [-0.25, -0.2) is 0 Å². The maximum absolute atomic E-state index is 11.1. The maximum Gasteiger partial charge on any atom is 0.305 e. The van der Waals surface area contributed by atoms with Gasteiger partial charge in [0.1, 0.15) is 12.4 Å². The molecule has 0 saturated heterocycles. The molecule has 0 aromatic heterocycles. The summed E-state index contributed by atoms with van der Waals surface area (Å²) in [5.74, 6) is 0.720. The highest BCUT2D eigenvalue weighted by Gasteiger charge is 2.00. The molecule has 5 heteroatoms. The number of benzene rings is 1. The molecule has 0 spiro atoms. The van der Waals surface area contributed by atoms with Crippen LogP contribution in [-0.2, 0) is 9.53 Å². The van der Waals surface area contributed by atoms with Crippen LogP contribution in [-0.4, -0.2) is 32.3 Å². The van der Waals surface area contributed by atoms with E-state index in [2.05, 4.69) is 21.2 Å². The first kappa shape index (κ1) is 16.0. The molecule has 0 aliphatic carbocycles. The lowest BCUT2D eigenvalue weighted by Crippen LogP contribution is -2.22. The monoisotopic (exact) mass is 329 g/mol. The predicted molar refractivity (Wildman–Crippen MR) is 78.4 cm³/mol. The van der Waals surface area contributed by atoms with Crippen molar-refractivity contribution >= 4 is 21.9 Å². The summed E-state index contributed by atoms with van der Waals surface area (Å²) in [6, 6.07) is 7.75. The Kier molecular flexibility index (Phi) is 8.25. The van der Waals surface area contributed by atoms with E-state index in [9.17, 15) is 4.79 Å². The lowest BCUT2D eigenvalue weighted by atomic mass is 10.3. The van der Waals surface area contributed by atoms with E-state index in [1.54, 1.807) is 0 Å². The molecule has 0 unspecified atom stereocenters. The van der Waals surface area contributed by atoms with E-state index in [0.717, 1.165) is 29.7 Å². The third-order valence-corrected chi connectivity index (χ3v) is 2.88. The first-order valence-corrected chi connectivity index (χ1v) is 7.26. The Labute approximate surface area is 122 Å². The van der Waals surface area contributed by atoms with Gasteiger partial charge >= 0.3 is 5.97 Å². The highest BCUT2D eigenvalue weighted by Crippen LogP contribution is 2.17. The van der Waals surface area contributed by atoms with Crippen LogP contribution >= 0.6 is 15.9 Å². The summed E-state index contributed by atoms with van der Waals surface area (Å²) >= 11 is 3.39. The van der Waals surface area contributed by atoms with Gasteiger partial charge in [-0.3, -0.25) is 4.79 Å². The highest BCUT2D eigenvalue weighted by atomic mass is 79.9. The Balaban J connectivity index is 1.98. The van der Waals surface area contributed by atoms with Crippen LogP contribution in [0.3, 0.4) is 0 Å². The molecule has 0 atom stereocenters. The molecule has 19 heavy (non-hydrogen) atoms. The first-order valence-electron chi connectivity index (χ1n) is 6.47. The third kappa shape index (κ3) is 7.85. The molecule has 0 fully saturated rings. The summed E-state index contributed by atoms with van der Waals surface area (Å²) in [6.07, 6.45) is 1.25. The topological polar surface area (TPSA) is 47.6 Å². The average molecular weight is 330 g/mol. The maximum atomic E-state index is 11.1. The van der Waals surface area contributed by atoms with Crippen LogP contribution in [0.5, 0.6) is 5.75 Å². The number of carbonyl (C=O) groups excluding carboxylic acids is 1. The van der Waals surface area contributed by atoms with Crippen molar-refractivity contribution in [3.8, 4) is 5.75 Å². The van der Waals surface area contributed by atoms with Gasteiger partial charge in [-0.2, -0.15) is 0 Å². The molecule has 0 heterocycles. The Hall–Kier alpha value is -1.07. The number of nitrogens with one attached hydrogen (secondary N) is 1. The summed E-state index contributed by atoms with van der Waals surface area (Å²) in [5, 5.41) is 3.22. The smallest absolute Gasteiger partial charge is 0.305 e. The van der Waals surface area contributed by atoms with Crippen LogP contribution in [0.2, 0.25) is 0 Å². The van der Waals surface area contributed by atoms with Gasteiger partial charge in [0.25, 0.3) is 0 Å². The van der Waals surface area contributed by atoms with Gasteiger partial charge in [-0.1, -0.05) is 22.0 Å². The van der Waals surface area contributed by atoms with Crippen molar-refractivity contribution in [1.29, 1.82) is 0 Å². The van der Waals surface area contributed by atoms with E-state index in [4.69, 9.17) is 9.47 Å². The minimum atomic E-state index is -0.130. The number of carbonyl (C=O) groups is 1. The summed E-state index contributed by atoms with van der Waals surface area (Å²) in [7, 11) is 0. The van der Waals surface area contributed by atoms with Crippen molar-refractivity contribution in [2.45, 2.75) is 19.8 Å². The lowest BCUT2D eigenvalue weighted by Gasteiger charge is -2.07. The third-order valence-electron chi connectivity index (χ3n) is 2.38. The molecule has 4 nitrogen and oxygen atoms in total. The molecule has 0 bridgehead atoms. The number of rotatable bonds is 9. The normalized spacial score (nSPS) is 10.2. The van der Waals surface area contributed by atoms with Crippen LogP contribution in [0.1, 0.15) is 19.8 Å². The fourth-order valence-electron chi connectivity index (χ4n) is 1.51. The SMILES string of the molecule is CCOC(=O)CCCNCCOc1cccc(Br)c1. The molecule has 0 radical (unpaired) electrons. The van der Waals surface area contributed by atoms with Gasteiger partial charge in [0, 0.05) is 17.4 Å². The standard InChI is InChI=1S/C14H20BrNO3/c1-2-18-14(17)7-4-8-16-9-10-19-13-6-3-5-12(15)11-13/h3,5-6,11,16H,2,4,7-10H2,1H3. The van der Waals surface area contributed by atoms with Crippen molar-refractivity contribution in [3.05, 3.63) is 28.7 Å². The van der Waals surface area contributed by atoms with E-state index in [-0.39, 0.29) is 5.97 Å². The van der Waals surface area contributed by atoms with E-state index in [1.165, 1.54) is 0 Å². The number of halogens is 1. The largest absolute Gasteiger partial charge is 0.492 e. The van der Waals surface area contributed by atoms with Crippen molar-refractivity contribution in [3.63, 3.8) is 0 Å². The Bertz CT molecular complexity index is 385. The number of esters is 1. The zero-order chi connectivity index (χ0) is 13.9. The zero-order valence-electron chi connectivity index (χ0n) is 11.2. The summed E-state index contributed by atoms with van der Waals surface area (Å²) < 4.78 is 11.4. The Morgan fingerprint density at radius 1 is 1.37 bits per heavy atom. The van der Waals surface area contributed by atoms with Crippen molar-refractivity contribution in [2.24, 2.45) is 0 Å². The molecule has 0 aliphatic rings. The van der Waals surface area contributed by atoms with Crippen LogP contribution < -0.4 is 10.1 Å². The second kappa shape index (κ2) is 9.81. The van der Waals surface area contributed by atoms with Crippen LogP contribution in [0, 0.1) is 0 Å². The molecule has 0 saturated carbocycles. The molecule has 1 aromatic rings. The molecular formula is C14H20BrNO3. The van der Waals surface area contributed by atoms with E-state index in [1.807, 2.05) is 31.2 Å². The summed E-state index contributed by atoms with van der Waals surface area (Å²) in [4.78, 5) is 11.1. The molecule has 1 rings (SSSR count). The van der Waals surface area contributed by atoms with Gasteiger partial charge in [-0.15, -0.1) is 0 Å². The zero-order valence-corrected chi connectivity index (χ0v) is 12.7. The summed E-state index contributed by atoms with van der Waals surface area (Å²) in [5.41, 5.74) is 0. The molecular weight excluding hydrogens is 310 g/mol. The second-order valence-electron chi connectivity index (χ2n) is 3.96. The number of hydrogen-bond donors (Lipinski definition) is 1. The molecule has 1 aromatic carbocycles. The predicted octanol–water partition coefficient (Wildman–Crippen LogP) is 2.76. The van der Waals surface area contributed by atoms with Gasteiger partial charge < -0.3 is 14.8 Å². The van der Waals surface area contributed by atoms with Crippen LogP contribution in [0.25, 0.3) is 0 Å². The lowest BCUT2D eigenvalue weighted by molar-refractivity contribution is -0.143. The van der Waals surface area contributed by atoms with Crippen molar-refractivity contribution in [2.75, 3.05) is 26.3 Å². The van der Waals surface area contributed by atoms with E-state index < -0.39 is 0 Å². The fourth-order valence-corrected chi connectivity index (χ4v) is 1.89. The number of hydrogen-bond acceptors (Lipinski definition) is 4. The summed E-state index contributed by atoms with van der Waals surface area (Å²) in [6.45, 7) is 4.42. The van der Waals surface area contributed by atoms with Crippen molar-refractivity contribution in [1.82, 2.24) is 5.32 Å². The van der Waals surface area contributed by atoms with Crippen LogP contribution in [0.15, 0.2) is 28.7 Å².